The third-order valence-electron chi connectivity index (χ3n) is 2.06. The van der Waals surface area contributed by atoms with E-state index in [-0.39, 0.29) is 0 Å². The van der Waals surface area contributed by atoms with Gasteiger partial charge in [0.05, 0.1) is 6.54 Å². The molecule has 0 saturated heterocycles. The standard InChI is InChI=1S/C12H10N2/c1-2-7-14-12-5-3-4-10-6-8-13-9-11(10)12/h1,3-6,8-9,14H,7H2. The molecule has 2 nitrogen and oxygen atoms in total. The van der Waals surface area contributed by atoms with Crippen LogP contribution in [0.3, 0.4) is 0 Å². The summed E-state index contributed by atoms with van der Waals surface area (Å²) in [6.45, 7) is 0.536. The second kappa shape index (κ2) is 3.80. The molecule has 0 unspecified atom stereocenters. The number of hydrogen-bond donors (Lipinski definition) is 1. The summed E-state index contributed by atoms with van der Waals surface area (Å²) in [5.41, 5.74) is 1.04. The molecule has 68 valence electrons. The summed E-state index contributed by atoms with van der Waals surface area (Å²) in [7, 11) is 0. The molecule has 0 aliphatic rings. The van der Waals surface area contributed by atoms with Gasteiger partial charge in [0, 0.05) is 23.5 Å². The first-order chi connectivity index (χ1) is 6.92. The molecule has 0 saturated carbocycles. The quantitative estimate of drug-likeness (QED) is 0.721. The number of nitrogens with one attached hydrogen (secondary N) is 1. The molecule has 0 spiro atoms. The largest absolute Gasteiger partial charge is 0.374 e. The maximum atomic E-state index is 5.19. The number of terminal acetylenes is 1. The van der Waals surface area contributed by atoms with E-state index in [2.05, 4.69) is 22.3 Å². The predicted octanol–water partition coefficient (Wildman–Crippen LogP) is 2.28. The molecular formula is C12H10N2. The fourth-order valence-electron chi connectivity index (χ4n) is 1.41. The summed E-state index contributed by atoms with van der Waals surface area (Å²) in [5.74, 6) is 2.55. The third-order valence-corrected chi connectivity index (χ3v) is 2.06. The lowest BCUT2D eigenvalue weighted by Crippen LogP contribution is -1.98. The molecule has 1 N–H and O–H groups in total. The van der Waals surface area contributed by atoms with Gasteiger partial charge in [-0.3, -0.25) is 4.98 Å². The molecule has 2 heteroatoms. The summed E-state index contributed by atoms with van der Waals surface area (Å²) in [6.07, 6.45) is 8.82. The van der Waals surface area contributed by atoms with E-state index >= 15 is 0 Å². The molecule has 0 bridgehead atoms. The van der Waals surface area contributed by atoms with Crippen molar-refractivity contribution in [3.8, 4) is 12.3 Å². The zero-order valence-electron chi connectivity index (χ0n) is 7.70. The molecule has 0 amide bonds. The number of anilines is 1. The van der Waals surface area contributed by atoms with Crippen LogP contribution in [0.5, 0.6) is 0 Å². The average molecular weight is 182 g/mol. The molecule has 0 aliphatic heterocycles. The highest BCUT2D eigenvalue weighted by atomic mass is 14.9. The number of nitrogens with zero attached hydrogens (tertiary/aromatic N) is 1. The van der Waals surface area contributed by atoms with Gasteiger partial charge >= 0.3 is 0 Å². The maximum Gasteiger partial charge on any atom is 0.0763 e. The van der Waals surface area contributed by atoms with Gasteiger partial charge in [-0.25, -0.2) is 0 Å². The SMILES string of the molecule is C#CCNc1cccc2ccncc12. The van der Waals surface area contributed by atoms with Crippen molar-refractivity contribution in [2.75, 3.05) is 11.9 Å². The van der Waals surface area contributed by atoms with Gasteiger partial charge in [-0.05, 0) is 17.5 Å². The van der Waals surface area contributed by atoms with Crippen molar-refractivity contribution >= 4 is 16.5 Å². The Bertz CT molecular complexity index is 478. The molecule has 14 heavy (non-hydrogen) atoms. The number of benzene rings is 1. The van der Waals surface area contributed by atoms with Crippen LogP contribution in [0.25, 0.3) is 10.8 Å². The molecule has 2 aromatic rings. The van der Waals surface area contributed by atoms with Crippen molar-refractivity contribution in [1.29, 1.82) is 0 Å². The molecule has 2 rings (SSSR count). The predicted molar refractivity (Wildman–Crippen MR) is 59.1 cm³/mol. The van der Waals surface area contributed by atoms with E-state index in [1.165, 1.54) is 5.39 Å². The van der Waals surface area contributed by atoms with Crippen molar-refractivity contribution < 1.29 is 0 Å². The minimum absolute atomic E-state index is 0.536. The van der Waals surface area contributed by atoms with E-state index in [1.807, 2.05) is 24.4 Å². The molecule has 0 atom stereocenters. The monoisotopic (exact) mass is 182 g/mol. The summed E-state index contributed by atoms with van der Waals surface area (Å²) in [4.78, 5) is 4.09. The second-order valence-corrected chi connectivity index (χ2v) is 2.96. The molecule has 0 radical (unpaired) electrons. The van der Waals surface area contributed by atoms with Crippen LogP contribution in [-0.2, 0) is 0 Å². The van der Waals surface area contributed by atoms with Crippen LogP contribution in [-0.4, -0.2) is 11.5 Å². The van der Waals surface area contributed by atoms with Crippen molar-refractivity contribution in [3.05, 3.63) is 36.7 Å². The average Bonchev–Trinajstić information content (AvgIpc) is 2.26. The van der Waals surface area contributed by atoms with Gasteiger partial charge in [-0.1, -0.05) is 18.1 Å². The van der Waals surface area contributed by atoms with Crippen LogP contribution in [0.15, 0.2) is 36.7 Å². The molecular weight excluding hydrogens is 172 g/mol. The van der Waals surface area contributed by atoms with Crippen LogP contribution in [0.2, 0.25) is 0 Å². The molecule has 1 heterocycles. The minimum atomic E-state index is 0.536. The van der Waals surface area contributed by atoms with E-state index in [0.717, 1.165) is 11.1 Å². The summed E-state index contributed by atoms with van der Waals surface area (Å²) < 4.78 is 0. The number of pyridine rings is 1. The first-order valence-corrected chi connectivity index (χ1v) is 4.42. The van der Waals surface area contributed by atoms with Crippen LogP contribution in [0.4, 0.5) is 5.69 Å². The van der Waals surface area contributed by atoms with Crippen LogP contribution >= 0.6 is 0 Å². The first kappa shape index (κ1) is 8.58. The Morgan fingerprint density at radius 2 is 2.29 bits per heavy atom. The fourth-order valence-corrected chi connectivity index (χ4v) is 1.41. The normalized spacial score (nSPS) is 9.64. The van der Waals surface area contributed by atoms with E-state index in [9.17, 15) is 0 Å². The maximum absolute atomic E-state index is 5.19. The van der Waals surface area contributed by atoms with Crippen molar-refractivity contribution in [2.45, 2.75) is 0 Å². The summed E-state index contributed by atoms with van der Waals surface area (Å²) in [6, 6.07) is 8.04. The summed E-state index contributed by atoms with van der Waals surface area (Å²) in [5, 5.41) is 5.43. The van der Waals surface area contributed by atoms with Crippen molar-refractivity contribution in [3.63, 3.8) is 0 Å². The first-order valence-electron chi connectivity index (χ1n) is 4.42. The molecule has 1 aromatic carbocycles. The third kappa shape index (κ3) is 1.53. The van der Waals surface area contributed by atoms with E-state index in [4.69, 9.17) is 6.42 Å². The second-order valence-electron chi connectivity index (χ2n) is 2.96. The topological polar surface area (TPSA) is 24.9 Å². The number of fused-ring (bicyclic) bond motifs is 1. The fraction of sp³-hybridized carbons (Fsp3) is 0.0833. The van der Waals surface area contributed by atoms with Gasteiger partial charge in [0.2, 0.25) is 0 Å². The van der Waals surface area contributed by atoms with Crippen LogP contribution in [0, 0.1) is 12.3 Å². The Morgan fingerprint density at radius 1 is 1.36 bits per heavy atom. The van der Waals surface area contributed by atoms with Gasteiger partial charge in [0.25, 0.3) is 0 Å². The Morgan fingerprint density at radius 3 is 3.14 bits per heavy atom. The Hall–Kier alpha value is -2.01. The number of aromatic nitrogens is 1. The van der Waals surface area contributed by atoms with Crippen LogP contribution in [0.1, 0.15) is 0 Å². The molecule has 0 aliphatic carbocycles. The lowest BCUT2D eigenvalue weighted by atomic mass is 10.1. The van der Waals surface area contributed by atoms with Gasteiger partial charge in [0.15, 0.2) is 0 Å². The summed E-state index contributed by atoms with van der Waals surface area (Å²) >= 11 is 0. The minimum Gasteiger partial charge on any atom is -0.374 e. The van der Waals surface area contributed by atoms with Crippen LogP contribution < -0.4 is 5.32 Å². The Kier molecular flexibility index (Phi) is 2.33. The van der Waals surface area contributed by atoms with E-state index < -0.39 is 0 Å². The van der Waals surface area contributed by atoms with E-state index in [1.54, 1.807) is 6.20 Å². The Labute approximate surface area is 83.0 Å². The number of rotatable bonds is 2. The smallest absolute Gasteiger partial charge is 0.0763 e. The van der Waals surface area contributed by atoms with Gasteiger partial charge < -0.3 is 5.32 Å². The Balaban J connectivity index is 2.49. The highest BCUT2D eigenvalue weighted by Crippen LogP contribution is 2.21. The van der Waals surface area contributed by atoms with Gasteiger partial charge in [0.1, 0.15) is 0 Å². The lowest BCUT2D eigenvalue weighted by Gasteiger charge is -2.05. The zero-order chi connectivity index (χ0) is 9.80. The van der Waals surface area contributed by atoms with Gasteiger partial charge in [-0.15, -0.1) is 6.42 Å². The number of hydrogen-bond acceptors (Lipinski definition) is 2. The molecule has 1 aromatic heterocycles. The highest BCUT2D eigenvalue weighted by molar-refractivity contribution is 5.93. The lowest BCUT2D eigenvalue weighted by molar-refractivity contribution is 1.35. The molecule has 0 fully saturated rings. The van der Waals surface area contributed by atoms with E-state index in [0.29, 0.717) is 6.54 Å². The van der Waals surface area contributed by atoms with Crippen molar-refractivity contribution in [2.24, 2.45) is 0 Å². The van der Waals surface area contributed by atoms with Gasteiger partial charge in [-0.2, -0.15) is 0 Å². The van der Waals surface area contributed by atoms with Crippen molar-refractivity contribution in [1.82, 2.24) is 4.98 Å². The highest BCUT2D eigenvalue weighted by Gasteiger charge is 1.97. The zero-order valence-corrected chi connectivity index (χ0v) is 7.70.